The molecule has 0 aromatic rings. The van der Waals surface area contributed by atoms with Crippen molar-refractivity contribution in [3.63, 3.8) is 0 Å². The summed E-state index contributed by atoms with van der Waals surface area (Å²) in [6.07, 6.45) is 59.9. The van der Waals surface area contributed by atoms with E-state index in [-0.39, 0.29) is 24.9 Å². The van der Waals surface area contributed by atoms with E-state index in [4.69, 9.17) is 4.74 Å². The van der Waals surface area contributed by atoms with E-state index in [0.29, 0.717) is 19.3 Å². The fourth-order valence-corrected chi connectivity index (χ4v) is 9.19. The monoisotopic (exact) mass is 904 g/mol. The Morgan fingerprint density at radius 2 is 0.750 bits per heavy atom. The van der Waals surface area contributed by atoms with Gasteiger partial charge in [0.2, 0.25) is 5.91 Å². The van der Waals surface area contributed by atoms with Crippen molar-refractivity contribution in [1.29, 1.82) is 0 Å². The van der Waals surface area contributed by atoms with Crippen molar-refractivity contribution in [2.24, 2.45) is 0 Å². The number of esters is 1. The van der Waals surface area contributed by atoms with Gasteiger partial charge >= 0.3 is 5.97 Å². The Bertz CT molecular complexity index is 970. The lowest BCUT2D eigenvalue weighted by molar-refractivity contribution is -0.151. The summed E-state index contributed by atoms with van der Waals surface area (Å²) >= 11 is 0. The Morgan fingerprint density at radius 3 is 1.11 bits per heavy atom. The number of unbranched alkanes of at least 4 members (excludes halogenated alkanes) is 39. The highest BCUT2D eigenvalue weighted by molar-refractivity contribution is 5.77. The molecule has 3 N–H and O–H groups in total. The predicted octanol–water partition coefficient (Wildman–Crippen LogP) is 17.7. The lowest BCUT2D eigenvalue weighted by Crippen LogP contribution is -2.46. The molecule has 64 heavy (non-hydrogen) atoms. The molecule has 0 aliphatic carbocycles. The normalized spacial score (nSPS) is 13.1. The summed E-state index contributed by atoms with van der Waals surface area (Å²) in [5.74, 6) is -0.470. The van der Waals surface area contributed by atoms with Crippen LogP contribution in [0.25, 0.3) is 0 Å². The van der Waals surface area contributed by atoms with Crippen molar-refractivity contribution in [1.82, 2.24) is 5.32 Å². The van der Waals surface area contributed by atoms with Crippen LogP contribution in [0.15, 0.2) is 12.2 Å². The Kier molecular flexibility index (Phi) is 51.4. The van der Waals surface area contributed by atoms with E-state index in [0.717, 1.165) is 51.4 Å². The fraction of sp³-hybridized carbons (Fsp3) is 0.931. The van der Waals surface area contributed by atoms with Gasteiger partial charge in [0.1, 0.15) is 6.10 Å². The molecule has 6 heteroatoms. The standard InChI is InChI=1S/C58H113NO5/c1-4-7-10-13-16-19-22-25-27-28-30-33-35-38-41-44-47-50-56(61)55(53-60)59-57(62)52-54(49-46-43-40-37-34-32-29-26-23-20-17-14-11-8-5-2)64-58(63)51-48-45-42-39-36-31-24-21-18-15-12-9-6-3/h31,36,54-56,60-61H,4-30,32-35,37-53H2,1-3H3,(H,59,62)/b36-31-. The van der Waals surface area contributed by atoms with Crippen LogP contribution in [-0.4, -0.2) is 46.9 Å². The van der Waals surface area contributed by atoms with Crippen LogP contribution in [-0.2, 0) is 14.3 Å². The van der Waals surface area contributed by atoms with Gasteiger partial charge in [-0.25, -0.2) is 0 Å². The number of aliphatic hydroxyl groups is 2. The maximum Gasteiger partial charge on any atom is 0.306 e. The molecule has 0 saturated carbocycles. The molecule has 0 aliphatic rings. The lowest BCUT2D eigenvalue weighted by Gasteiger charge is -2.24. The first-order valence-corrected chi connectivity index (χ1v) is 28.9. The molecule has 0 heterocycles. The first-order chi connectivity index (χ1) is 31.5. The molecule has 3 unspecified atom stereocenters. The molecular formula is C58H113NO5. The molecule has 6 nitrogen and oxygen atoms in total. The number of aliphatic hydroxyl groups excluding tert-OH is 2. The van der Waals surface area contributed by atoms with Crippen LogP contribution >= 0.6 is 0 Å². The summed E-state index contributed by atoms with van der Waals surface area (Å²) in [6, 6.07) is -0.699. The highest BCUT2D eigenvalue weighted by atomic mass is 16.5. The summed E-state index contributed by atoms with van der Waals surface area (Å²) in [4.78, 5) is 26.2. The zero-order valence-corrected chi connectivity index (χ0v) is 43.4. The largest absolute Gasteiger partial charge is 0.462 e. The number of rotatable bonds is 53. The molecule has 0 aromatic carbocycles. The molecule has 0 radical (unpaired) electrons. The van der Waals surface area contributed by atoms with Crippen LogP contribution in [0, 0.1) is 0 Å². The third kappa shape index (κ3) is 47.1. The number of carbonyl (C=O) groups is 2. The van der Waals surface area contributed by atoms with Crippen LogP contribution in [0.4, 0.5) is 0 Å². The quantitative estimate of drug-likeness (QED) is 0.0321. The first-order valence-electron chi connectivity index (χ1n) is 28.9. The molecule has 0 fully saturated rings. The van der Waals surface area contributed by atoms with Gasteiger partial charge in [-0.15, -0.1) is 0 Å². The number of ether oxygens (including phenoxy) is 1. The van der Waals surface area contributed by atoms with Crippen molar-refractivity contribution >= 4 is 11.9 Å². The highest BCUT2D eigenvalue weighted by Gasteiger charge is 2.24. The maximum atomic E-state index is 13.3. The predicted molar refractivity (Wildman–Crippen MR) is 278 cm³/mol. The van der Waals surface area contributed by atoms with E-state index < -0.39 is 18.2 Å². The van der Waals surface area contributed by atoms with E-state index in [9.17, 15) is 19.8 Å². The minimum absolute atomic E-state index is 0.0795. The van der Waals surface area contributed by atoms with Crippen molar-refractivity contribution < 1.29 is 24.5 Å². The van der Waals surface area contributed by atoms with Crippen LogP contribution in [0.3, 0.4) is 0 Å². The van der Waals surface area contributed by atoms with Crippen molar-refractivity contribution in [2.45, 2.75) is 341 Å². The lowest BCUT2D eigenvalue weighted by atomic mass is 10.0. The summed E-state index contributed by atoms with van der Waals surface area (Å²) in [5, 5.41) is 23.9. The van der Waals surface area contributed by atoms with E-state index in [2.05, 4.69) is 38.2 Å². The topological polar surface area (TPSA) is 95.9 Å². The van der Waals surface area contributed by atoms with Gasteiger partial charge in [-0.05, 0) is 51.4 Å². The molecule has 0 bridgehead atoms. The number of carbonyl (C=O) groups excluding carboxylic acids is 2. The molecule has 0 aliphatic heterocycles. The number of nitrogens with one attached hydrogen (secondary N) is 1. The number of hydrogen-bond acceptors (Lipinski definition) is 5. The van der Waals surface area contributed by atoms with E-state index >= 15 is 0 Å². The molecular weight excluding hydrogens is 791 g/mol. The smallest absolute Gasteiger partial charge is 0.306 e. The second-order valence-corrected chi connectivity index (χ2v) is 20.1. The van der Waals surface area contributed by atoms with Gasteiger partial charge in [0.25, 0.3) is 0 Å². The first kappa shape index (κ1) is 62.6. The maximum absolute atomic E-state index is 13.3. The van der Waals surface area contributed by atoms with Crippen molar-refractivity contribution in [3.8, 4) is 0 Å². The molecule has 0 rings (SSSR count). The summed E-state index contributed by atoms with van der Waals surface area (Å²) < 4.78 is 5.95. The van der Waals surface area contributed by atoms with Crippen LogP contribution in [0.5, 0.6) is 0 Å². The fourth-order valence-electron chi connectivity index (χ4n) is 9.19. The molecule has 0 aromatic heterocycles. The zero-order valence-electron chi connectivity index (χ0n) is 43.4. The summed E-state index contributed by atoms with van der Waals surface area (Å²) in [5.41, 5.74) is 0. The van der Waals surface area contributed by atoms with Gasteiger partial charge in [-0.2, -0.15) is 0 Å². The molecule has 1 amide bonds. The van der Waals surface area contributed by atoms with E-state index in [1.54, 1.807) is 0 Å². The van der Waals surface area contributed by atoms with E-state index in [1.807, 2.05) is 0 Å². The van der Waals surface area contributed by atoms with Crippen LogP contribution in [0.1, 0.15) is 323 Å². The minimum atomic E-state index is -0.785. The van der Waals surface area contributed by atoms with Crippen LogP contribution < -0.4 is 5.32 Å². The number of hydrogen-bond donors (Lipinski definition) is 3. The van der Waals surface area contributed by atoms with E-state index in [1.165, 1.54) is 225 Å². The Hall–Kier alpha value is -1.40. The Morgan fingerprint density at radius 1 is 0.438 bits per heavy atom. The summed E-state index contributed by atoms with van der Waals surface area (Å²) in [7, 11) is 0. The summed E-state index contributed by atoms with van der Waals surface area (Å²) in [6.45, 7) is 6.52. The second-order valence-electron chi connectivity index (χ2n) is 20.1. The Labute approximate surface area is 399 Å². The average Bonchev–Trinajstić information content (AvgIpc) is 3.29. The van der Waals surface area contributed by atoms with Gasteiger partial charge in [0.15, 0.2) is 0 Å². The van der Waals surface area contributed by atoms with Gasteiger partial charge < -0.3 is 20.3 Å². The number of allylic oxidation sites excluding steroid dienone is 2. The van der Waals surface area contributed by atoms with Crippen molar-refractivity contribution in [2.75, 3.05) is 6.61 Å². The second kappa shape index (κ2) is 52.6. The van der Waals surface area contributed by atoms with Gasteiger partial charge in [0.05, 0.1) is 25.2 Å². The third-order valence-electron chi connectivity index (χ3n) is 13.6. The zero-order chi connectivity index (χ0) is 46.7. The SMILES string of the molecule is CCCCCCCC/C=C\CCCCCC(=O)OC(CCCCCCCCCCCCCCCCC)CC(=O)NC(CO)C(O)CCCCCCCCCCCCCCCCCCC. The molecule has 0 saturated heterocycles. The molecule has 0 spiro atoms. The Balaban J connectivity index is 4.49. The minimum Gasteiger partial charge on any atom is -0.462 e. The van der Waals surface area contributed by atoms with Crippen molar-refractivity contribution in [3.05, 3.63) is 12.2 Å². The van der Waals surface area contributed by atoms with Crippen LogP contribution in [0.2, 0.25) is 0 Å². The molecule has 380 valence electrons. The van der Waals surface area contributed by atoms with Gasteiger partial charge in [0, 0.05) is 6.42 Å². The average molecular weight is 905 g/mol. The highest BCUT2D eigenvalue weighted by Crippen LogP contribution is 2.19. The third-order valence-corrected chi connectivity index (χ3v) is 13.6. The number of amides is 1. The van der Waals surface area contributed by atoms with Gasteiger partial charge in [-0.3, -0.25) is 9.59 Å². The van der Waals surface area contributed by atoms with Gasteiger partial charge in [-0.1, -0.05) is 270 Å². The molecule has 3 atom stereocenters.